The zero-order valence-corrected chi connectivity index (χ0v) is 14.4. The summed E-state index contributed by atoms with van der Waals surface area (Å²) in [6.07, 6.45) is -0.222. The van der Waals surface area contributed by atoms with E-state index in [0.29, 0.717) is 21.4 Å². The van der Waals surface area contributed by atoms with Crippen LogP contribution in [0.1, 0.15) is 29.8 Å². The lowest BCUT2D eigenvalue weighted by atomic mass is 10.1. The second-order valence-electron chi connectivity index (χ2n) is 5.19. The van der Waals surface area contributed by atoms with E-state index >= 15 is 0 Å². The maximum absolute atomic E-state index is 12.1. The van der Waals surface area contributed by atoms with Crippen LogP contribution in [-0.2, 0) is 4.74 Å². The van der Waals surface area contributed by atoms with Crippen LogP contribution in [0, 0.1) is 0 Å². The van der Waals surface area contributed by atoms with Crippen LogP contribution < -0.4 is 11.1 Å². The monoisotopic (exact) mass is 348 g/mol. The first-order valence-electron chi connectivity index (χ1n) is 7.05. The molecule has 0 aliphatic rings. The van der Waals surface area contributed by atoms with Crippen LogP contribution >= 0.6 is 23.8 Å². The maximum atomic E-state index is 12.1. The van der Waals surface area contributed by atoms with E-state index in [1.54, 1.807) is 38.1 Å². The number of benzene rings is 2. The van der Waals surface area contributed by atoms with Crippen LogP contribution in [0.15, 0.2) is 42.5 Å². The van der Waals surface area contributed by atoms with Gasteiger partial charge < -0.3 is 15.8 Å². The van der Waals surface area contributed by atoms with Gasteiger partial charge in [-0.05, 0) is 44.2 Å². The average Bonchev–Trinajstić information content (AvgIpc) is 2.48. The summed E-state index contributed by atoms with van der Waals surface area (Å²) in [5.74, 6) is -0.473. The van der Waals surface area contributed by atoms with E-state index in [0.717, 1.165) is 5.56 Å². The highest BCUT2D eigenvalue weighted by Crippen LogP contribution is 2.23. The summed E-state index contributed by atoms with van der Waals surface area (Å²) in [5, 5.41) is 3.39. The quantitative estimate of drug-likeness (QED) is 0.490. The number of carbonyl (C=O) groups excluding carboxylic acids is 1. The maximum Gasteiger partial charge on any atom is 0.339 e. The Labute approximate surface area is 145 Å². The van der Waals surface area contributed by atoms with Gasteiger partial charge in [0.1, 0.15) is 4.99 Å². The van der Waals surface area contributed by atoms with Crippen molar-refractivity contribution in [1.29, 1.82) is 0 Å². The molecule has 0 amide bonds. The lowest BCUT2D eigenvalue weighted by Crippen LogP contribution is -2.15. The molecule has 23 heavy (non-hydrogen) atoms. The number of halogens is 1. The average molecular weight is 349 g/mol. The third-order valence-corrected chi connectivity index (χ3v) is 3.64. The number of anilines is 2. The minimum Gasteiger partial charge on any atom is -0.459 e. The molecule has 0 saturated heterocycles. The highest BCUT2D eigenvalue weighted by atomic mass is 35.5. The number of nitrogens with one attached hydrogen (secondary N) is 1. The fraction of sp³-hybridized carbons (Fsp3) is 0.176. The standard InChI is InChI=1S/C17H17ClN2O2S/c1-10(2)22-17(21)13-9-11(7-8-14(13)18)20-16(23)12-5-3-4-6-15(12)19/h3-10H,19H2,1-2H3,(H,20,23). The summed E-state index contributed by atoms with van der Waals surface area (Å²) in [7, 11) is 0. The molecule has 0 radical (unpaired) electrons. The molecule has 0 aliphatic carbocycles. The SMILES string of the molecule is CC(C)OC(=O)c1cc(NC(=S)c2ccccc2N)ccc1Cl. The van der Waals surface area contributed by atoms with E-state index in [4.69, 9.17) is 34.3 Å². The Kier molecular flexibility index (Phi) is 5.58. The predicted molar refractivity (Wildman–Crippen MR) is 98.2 cm³/mol. The molecule has 2 aromatic carbocycles. The molecule has 0 heterocycles. The van der Waals surface area contributed by atoms with Crippen molar-refractivity contribution in [2.45, 2.75) is 20.0 Å². The van der Waals surface area contributed by atoms with E-state index in [1.807, 2.05) is 18.2 Å². The van der Waals surface area contributed by atoms with Gasteiger partial charge in [0.2, 0.25) is 0 Å². The van der Waals surface area contributed by atoms with E-state index in [2.05, 4.69) is 5.32 Å². The van der Waals surface area contributed by atoms with Crippen LogP contribution in [-0.4, -0.2) is 17.1 Å². The number of nitrogen functional groups attached to an aromatic ring is 1. The normalized spacial score (nSPS) is 10.4. The van der Waals surface area contributed by atoms with E-state index in [-0.39, 0.29) is 11.7 Å². The Morgan fingerprint density at radius 1 is 1.22 bits per heavy atom. The van der Waals surface area contributed by atoms with E-state index in [1.165, 1.54) is 0 Å². The van der Waals surface area contributed by atoms with Gasteiger partial charge in [-0.1, -0.05) is 36.0 Å². The zero-order valence-electron chi connectivity index (χ0n) is 12.8. The summed E-state index contributed by atoms with van der Waals surface area (Å²) >= 11 is 11.4. The van der Waals surface area contributed by atoms with E-state index < -0.39 is 5.97 Å². The molecule has 0 aliphatic heterocycles. The Morgan fingerprint density at radius 3 is 2.57 bits per heavy atom. The zero-order chi connectivity index (χ0) is 17.0. The van der Waals surface area contributed by atoms with Crippen molar-refractivity contribution >= 4 is 46.2 Å². The fourth-order valence-electron chi connectivity index (χ4n) is 1.94. The third-order valence-electron chi connectivity index (χ3n) is 2.99. The van der Waals surface area contributed by atoms with E-state index in [9.17, 15) is 4.79 Å². The van der Waals surface area contributed by atoms with Crippen LogP contribution in [0.4, 0.5) is 11.4 Å². The lowest BCUT2D eigenvalue weighted by molar-refractivity contribution is 0.0378. The highest BCUT2D eigenvalue weighted by Gasteiger charge is 2.15. The number of para-hydroxylation sites is 1. The summed E-state index contributed by atoms with van der Waals surface area (Å²) in [6.45, 7) is 3.56. The molecule has 6 heteroatoms. The van der Waals surface area contributed by atoms with Crippen molar-refractivity contribution in [2.24, 2.45) is 0 Å². The molecule has 3 N–H and O–H groups in total. The van der Waals surface area contributed by atoms with Crippen LogP contribution in [0.2, 0.25) is 5.02 Å². The first-order valence-corrected chi connectivity index (χ1v) is 7.83. The van der Waals surface area contributed by atoms with Crippen molar-refractivity contribution in [3.8, 4) is 0 Å². The van der Waals surface area contributed by atoms with Gasteiger partial charge in [0.15, 0.2) is 0 Å². The van der Waals surface area contributed by atoms with Crippen LogP contribution in [0.5, 0.6) is 0 Å². The number of thiocarbonyl (C=S) groups is 1. The largest absolute Gasteiger partial charge is 0.459 e. The Hall–Kier alpha value is -2.11. The number of carbonyl (C=O) groups is 1. The number of ether oxygens (including phenoxy) is 1. The molecule has 0 spiro atoms. The topological polar surface area (TPSA) is 64.3 Å². The molecule has 2 aromatic rings. The highest BCUT2D eigenvalue weighted by molar-refractivity contribution is 7.81. The van der Waals surface area contributed by atoms with Crippen molar-refractivity contribution in [3.63, 3.8) is 0 Å². The van der Waals surface area contributed by atoms with Gasteiger partial charge in [0.25, 0.3) is 0 Å². The number of hydrogen-bond donors (Lipinski definition) is 2. The second kappa shape index (κ2) is 7.44. The molecule has 0 fully saturated rings. The Bertz CT molecular complexity index is 747. The van der Waals surface area contributed by atoms with Gasteiger partial charge in [-0.2, -0.15) is 0 Å². The van der Waals surface area contributed by atoms with Gasteiger partial charge in [-0.25, -0.2) is 4.79 Å². The predicted octanol–water partition coefficient (Wildman–Crippen LogP) is 4.28. The second-order valence-corrected chi connectivity index (χ2v) is 6.01. The molecule has 0 unspecified atom stereocenters. The number of hydrogen-bond acceptors (Lipinski definition) is 4. The number of esters is 1. The van der Waals surface area contributed by atoms with Crippen LogP contribution in [0.25, 0.3) is 0 Å². The summed E-state index contributed by atoms with van der Waals surface area (Å²) in [4.78, 5) is 12.5. The Morgan fingerprint density at radius 2 is 1.91 bits per heavy atom. The molecule has 0 aromatic heterocycles. The first kappa shape index (κ1) is 17.2. The van der Waals surface area contributed by atoms with Crippen molar-refractivity contribution < 1.29 is 9.53 Å². The molecule has 120 valence electrons. The summed E-state index contributed by atoms with van der Waals surface area (Å²) in [5.41, 5.74) is 8.14. The molecule has 2 rings (SSSR count). The van der Waals surface area contributed by atoms with Gasteiger partial charge in [0, 0.05) is 16.9 Å². The van der Waals surface area contributed by atoms with Crippen molar-refractivity contribution in [1.82, 2.24) is 0 Å². The Balaban J connectivity index is 2.23. The molecule has 0 bridgehead atoms. The summed E-state index contributed by atoms with van der Waals surface area (Å²) in [6, 6.07) is 12.3. The molecular formula is C17H17ClN2O2S. The smallest absolute Gasteiger partial charge is 0.339 e. The minimum atomic E-state index is -0.473. The molecular weight excluding hydrogens is 332 g/mol. The lowest BCUT2D eigenvalue weighted by Gasteiger charge is -2.13. The van der Waals surface area contributed by atoms with Crippen molar-refractivity contribution in [2.75, 3.05) is 11.1 Å². The fourth-order valence-corrected chi connectivity index (χ4v) is 2.44. The molecule has 0 atom stereocenters. The van der Waals surface area contributed by atoms with Gasteiger partial charge in [-0.15, -0.1) is 0 Å². The summed E-state index contributed by atoms with van der Waals surface area (Å²) < 4.78 is 5.18. The molecule has 4 nitrogen and oxygen atoms in total. The van der Waals surface area contributed by atoms with Gasteiger partial charge in [0.05, 0.1) is 16.7 Å². The number of nitrogens with two attached hydrogens (primary N) is 1. The van der Waals surface area contributed by atoms with Crippen molar-refractivity contribution in [3.05, 3.63) is 58.6 Å². The van der Waals surface area contributed by atoms with Crippen LogP contribution in [0.3, 0.4) is 0 Å². The third kappa shape index (κ3) is 4.43. The van der Waals surface area contributed by atoms with Gasteiger partial charge >= 0.3 is 5.97 Å². The minimum absolute atomic E-state index is 0.222. The first-order chi connectivity index (χ1) is 10.9. The van der Waals surface area contributed by atoms with Gasteiger partial charge in [-0.3, -0.25) is 0 Å². The number of rotatable bonds is 4. The molecule has 0 saturated carbocycles.